The Hall–Kier alpha value is -0.120. The molecule has 2 saturated heterocycles. The second kappa shape index (κ2) is 3.47. The van der Waals surface area contributed by atoms with Crippen LogP contribution in [0, 0.1) is 11.8 Å². The van der Waals surface area contributed by atoms with Gasteiger partial charge in [0.15, 0.2) is 5.79 Å². The van der Waals surface area contributed by atoms with Gasteiger partial charge >= 0.3 is 0 Å². The first-order valence-corrected chi connectivity index (χ1v) is 5.87. The lowest BCUT2D eigenvalue weighted by Gasteiger charge is -2.43. The minimum Gasteiger partial charge on any atom is -0.348 e. The van der Waals surface area contributed by atoms with Crippen molar-refractivity contribution in [2.24, 2.45) is 11.8 Å². The molecule has 0 aromatic rings. The number of piperidine rings is 1. The molecule has 0 radical (unpaired) electrons. The topological polar surface area (TPSA) is 30.5 Å². The maximum Gasteiger partial charge on any atom is 0.168 e. The SMILES string of the molecule is C1C[C@H]2CC3(CC[C@H]2CN1)OCCO3. The Balaban J connectivity index is 1.70. The van der Waals surface area contributed by atoms with Crippen LogP contribution in [0.2, 0.25) is 0 Å². The molecule has 3 aliphatic rings. The molecule has 0 bridgehead atoms. The van der Waals surface area contributed by atoms with E-state index >= 15 is 0 Å². The number of fused-ring (bicyclic) bond motifs is 1. The lowest BCUT2D eigenvalue weighted by Crippen LogP contribution is -2.46. The Labute approximate surface area is 85.1 Å². The molecule has 1 spiro atoms. The van der Waals surface area contributed by atoms with Crippen LogP contribution < -0.4 is 5.32 Å². The molecule has 3 nitrogen and oxygen atoms in total. The zero-order valence-electron chi connectivity index (χ0n) is 8.63. The highest BCUT2D eigenvalue weighted by Gasteiger charge is 2.45. The van der Waals surface area contributed by atoms with Crippen molar-refractivity contribution >= 4 is 0 Å². The summed E-state index contributed by atoms with van der Waals surface area (Å²) in [5.74, 6) is 1.55. The first kappa shape index (κ1) is 9.13. The van der Waals surface area contributed by atoms with Gasteiger partial charge in [0.25, 0.3) is 0 Å². The van der Waals surface area contributed by atoms with E-state index in [-0.39, 0.29) is 5.79 Å². The summed E-state index contributed by atoms with van der Waals surface area (Å²) >= 11 is 0. The van der Waals surface area contributed by atoms with Crippen LogP contribution in [0.1, 0.15) is 25.7 Å². The van der Waals surface area contributed by atoms with Crippen LogP contribution in [0.4, 0.5) is 0 Å². The van der Waals surface area contributed by atoms with Gasteiger partial charge in [-0.3, -0.25) is 0 Å². The smallest absolute Gasteiger partial charge is 0.168 e. The molecule has 3 rings (SSSR count). The van der Waals surface area contributed by atoms with E-state index in [9.17, 15) is 0 Å². The van der Waals surface area contributed by atoms with E-state index in [0.29, 0.717) is 0 Å². The molecule has 3 heteroatoms. The zero-order valence-corrected chi connectivity index (χ0v) is 8.63. The van der Waals surface area contributed by atoms with E-state index in [4.69, 9.17) is 9.47 Å². The fraction of sp³-hybridized carbons (Fsp3) is 1.00. The van der Waals surface area contributed by atoms with E-state index in [1.165, 1.54) is 25.9 Å². The quantitative estimate of drug-likeness (QED) is 0.631. The number of hydrogen-bond donors (Lipinski definition) is 1. The van der Waals surface area contributed by atoms with Gasteiger partial charge in [0.05, 0.1) is 13.2 Å². The van der Waals surface area contributed by atoms with Gasteiger partial charge in [0, 0.05) is 12.8 Å². The first-order chi connectivity index (χ1) is 6.88. The van der Waals surface area contributed by atoms with Gasteiger partial charge in [-0.25, -0.2) is 0 Å². The van der Waals surface area contributed by atoms with Crippen molar-refractivity contribution in [1.29, 1.82) is 0 Å². The summed E-state index contributed by atoms with van der Waals surface area (Å²) in [6.45, 7) is 3.99. The van der Waals surface area contributed by atoms with Crippen LogP contribution >= 0.6 is 0 Å². The Morgan fingerprint density at radius 2 is 1.93 bits per heavy atom. The summed E-state index contributed by atoms with van der Waals surface area (Å²) in [7, 11) is 0. The van der Waals surface area contributed by atoms with E-state index in [0.717, 1.165) is 37.9 Å². The second-order valence-electron chi connectivity index (χ2n) is 4.86. The van der Waals surface area contributed by atoms with Crippen LogP contribution in [-0.2, 0) is 9.47 Å². The average Bonchev–Trinajstić information content (AvgIpc) is 2.66. The average molecular weight is 197 g/mol. The molecule has 1 N–H and O–H groups in total. The number of rotatable bonds is 0. The van der Waals surface area contributed by atoms with Gasteiger partial charge in [-0.15, -0.1) is 0 Å². The number of ether oxygens (including phenoxy) is 2. The van der Waals surface area contributed by atoms with E-state index < -0.39 is 0 Å². The molecule has 2 heterocycles. The highest BCUT2D eigenvalue weighted by Crippen LogP contribution is 2.43. The van der Waals surface area contributed by atoms with Gasteiger partial charge in [-0.2, -0.15) is 0 Å². The van der Waals surface area contributed by atoms with Gasteiger partial charge in [-0.05, 0) is 37.8 Å². The van der Waals surface area contributed by atoms with Crippen molar-refractivity contribution in [2.45, 2.75) is 31.5 Å². The molecule has 80 valence electrons. The third-order valence-corrected chi connectivity index (χ3v) is 4.05. The molecular weight excluding hydrogens is 178 g/mol. The minimum atomic E-state index is -0.168. The van der Waals surface area contributed by atoms with Crippen molar-refractivity contribution in [3.8, 4) is 0 Å². The summed E-state index contributed by atoms with van der Waals surface area (Å²) in [4.78, 5) is 0. The van der Waals surface area contributed by atoms with E-state index in [2.05, 4.69) is 5.32 Å². The fourth-order valence-corrected chi connectivity index (χ4v) is 3.25. The predicted molar refractivity (Wildman–Crippen MR) is 53.0 cm³/mol. The van der Waals surface area contributed by atoms with Gasteiger partial charge in [0.2, 0.25) is 0 Å². The third-order valence-electron chi connectivity index (χ3n) is 4.05. The van der Waals surface area contributed by atoms with Gasteiger partial charge < -0.3 is 14.8 Å². The fourth-order valence-electron chi connectivity index (χ4n) is 3.25. The van der Waals surface area contributed by atoms with Crippen molar-refractivity contribution in [1.82, 2.24) is 5.32 Å². The second-order valence-corrected chi connectivity index (χ2v) is 4.86. The lowest BCUT2D eigenvalue weighted by atomic mass is 9.73. The molecular formula is C11H19NO2. The summed E-state index contributed by atoms with van der Waals surface area (Å²) in [6, 6.07) is 0. The van der Waals surface area contributed by atoms with Crippen LogP contribution in [-0.4, -0.2) is 32.1 Å². The third kappa shape index (κ3) is 1.47. The molecule has 1 saturated carbocycles. The minimum absolute atomic E-state index is 0.168. The molecule has 14 heavy (non-hydrogen) atoms. The summed E-state index contributed by atoms with van der Waals surface area (Å²) in [5.41, 5.74) is 0. The predicted octanol–water partition coefficient (Wildman–Crippen LogP) is 1.14. The Morgan fingerprint density at radius 3 is 2.79 bits per heavy atom. The van der Waals surface area contributed by atoms with Crippen LogP contribution in [0.25, 0.3) is 0 Å². The summed E-state index contributed by atoms with van der Waals surface area (Å²) in [6.07, 6.45) is 4.83. The Morgan fingerprint density at radius 1 is 1.07 bits per heavy atom. The highest BCUT2D eigenvalue weighted by atomic mass is 16.7. The Bertz CT molecular complexity index is 213. The molecule has 0 unspecified atom stereocenters. The number of nitrogens with one attached hydrogen (secondary N) is 1. The molecule has 2 atom stereocenters. The molecule has 0 amide bonds. The van der Waals surface area contributed by atoms with E-state index in [1.54, 1.807) is 0 Å². The standard InChI is InChI=1S/C11H19NO2/c1-3-11(13-5-6-14-11)7-9-2-4-12-8-10(1)9/h9-10,12H,1-8H2/t9-,10-/m0/s1. The van der Waals surface area contributed by atoms with E-state index in [1.807, 2.05) is 0 Å². The molecule has 0 aromatic heterocycles. The van der Waals surface area contributed by atoms with Crippen LogP contribution in [0.5, 0.6) is 0 Å². The molecule has 2 aliphatic heterocycles. The van der Waals surface area contributed by atoms with Crippen molar-refractivity contribution in [3.63, 3.8) is 0 Å². The largest absolute Gasteiger partial charge is 0.348 e. The van der Waals surface area contributed by atoms with Crippen LogP contribution in [0.3, 0.4) is 0 Å². The normalized spacial score (nSPS) is 41.1. The lowest BCUT2D eigenvalue weighted by molar-refractivity contribution is -0.196. The maximum absolute atomic E-state index is 5.79. The van der Waals surface area contributed by atoms with Crippen molar-refractivity contribution < 1.29 is 9.47 Å². The zero-order chi connectivity index (χ0) is 9.43. The van der Waals surface area contributed by atoms with Crippen molar-refractivity contribution in [2.75, 3.05) is 26.3 Å². The monoisotopic (exact) mass is 197 g/mol. The summed E-state index contributed by atoms with van der Waals surface area (Å²) < 4.78 is 11.6. The summed E-state index contributed by atoms with van der Waals surface area (Å²) in [5, 5.41) is 3.48. The number of hydrogen-bond acceptors (Lipinski definition) is 3. The Kier molecular flexibility index (Phi) is 2.26. The van der Waals surface area contributed by atoms with Gasteiger partial charge in [-0.1, -0.05) is 0 Å². The first-order valence-electron chi connectivity index (χ1n) is 5.87. The van der Waals surface area contributed by atoms with Crippen LogP contribution in [0.15, 0.2) is 0 Å². The highest BCUT2D eigenvalue weighted by molar-refractivity contribution is 4.90. The maximum atomic E-state index is 5.79. The van der Waals surface area contributed by atoms with Crippen molar-refractivity contribution in [3.05, 3.63) is 0 Å². The molecule has 0 aromatic carbocycles. The molecule has 3 fully saturated rings. The molecule has 1 aliphatic carbocycles. The van der Waals surface area contributed by atoms with Gasteiger partial charge in [0.1, 0.15) is 0 Å².